The lowest BCUT2D eigenvalue weighted by atomic mass is 10.2. The lowest BCUT2D eigenvalue weighted by Crippen LogP contribution is -1.91. The number of hydrogen-bond acceptors (Lipinski definition) is 3. The highest BCUT2D eigenvalue weighted by molar-refractivity contribution is 7.19. The topological polar surface area (TPSA) is 29.5 Å². The zero-order chi connectivity index (χ0) is 13.2. The summed E-state index contributed by atoms with van der Waals surface area (Å²) in [4.78, 5) is 1.20. The number of aryl methyl sites for hydroxylation is 1. The maximum absolute atomic E-state index is 9.21. The number of aromatic hydroxyl groups is 1. The van der Waals surface area contributed by atoms with Crippen LogP contribution in [0.4, 0.5) is 0 Å². The zero-order valence-electron chi connectivity index (χ0n) is 10.6. The van der Waals surface area contributed by atoms with Crippen LogP contribution >= 0.6 is 11.3 Å². The predicted octanol–water partition coefficient (Wildman–Crippen LogP) is 4.49. The molecule has 1 heterocycles. The Morgan fingerprint density at radius 3 is 2.63 bits per heavy atom. The van der Waals surface area contributed by atoms with Gasteiger partial charge in [0.05, 0.1) is 0 Å². The van der Waals surface area contributed by atoms with Crippen molar-refractivity contribution in [3.8, 4) is 11.5 Å². The number of phenols is 1. The van der Waals surface area contributed by atoms with E-state index >= 15 is 0 Å². The minimum atomic E-state index is 0.254. The molecule has 0 bridgehead atoms. The predicted molar refractivity (Wildman–Crippen MR) is 79.0 cm³/mol. The van der Waals surface area contributed by atoms with Gasteiger partial charge in [-0.15, -0.1) is 11.3 Å². The fourth-order valence-electron chi connectivity index (χ4n) is 1.96. The minimum Gasteiger partial charge on any atom is -0.508 e. The Kier molecular flexibility index (Phi) is 3.13. The van der Waals surface area contributed by atoms with Gasteiger partial charge in [0.1, 0.15) is 18.1 Å². The van der Waals surface area contributed by atoms with E-state index in [9.17, 15) is 5.11 Å². The number of thiophene rings is 1. The van der Waals surface area contributed by atoms with E-state index in [4.69, 9.17) is 4.74 Å². The van der Waals surface area contributed by atoms with Crippen LogP contribution in [-0.4, -0.2) is 5.11 Å². The molecule has 3 rings (SSSR count). The van der Waals surface area contributed by atoms with Crippen LogP contribution in [0.3, 0.4) is 0 Å². The van der Waals surface area contributed by atoms with Crippen LogP contribution in [0.1, 0.15) is 10.4 Å². The summed E-state index contributed by atoms with van der Waals surface area (Å²) >= 11 is 1.76. The number of phenolic OH excluding ortho intramolecular Hbond substituents is 1. The van der Waals surface area contributed by atoms with Gasteiger partial charge >= 0.3 is 0 Å². The van der Waals surface area contributed by atoms with Crippen molar-refractivity contribution in [3.05, 3.63) is 59.0 Å². The van der Waals surface area contributed by atoms with Gasteiger partial charge in [0.25, 0.3) is 0 Å². The van der Waals surface area contributed by atoms with Crippen LogP contribution in [0.5, 0.6) is 11.5 Å². The first-order chi connectivity index (χ1) is 9.20. The van der Waals surface area contributed by atoms with E-state index in [-0.39, 0.29) is 5.75 Å². The average Bonchev–Trinajstić information content (AvgIpc) is 2.80. The summed E-state index contributed by atoms with van der Waals surface area (Å²) in [7, 11) is 0. The van der Waals surface area contributed by atoms with Gasteiger partial charge in [-0.3, -0.25) is 0 Å². The van der Waals surface area contributed by atoms with Crippen LogP contribution in [0.25, 0.3) is 10.1 Å². The van der Waals surface area contributed by atoms with Gasteiger partial charge in [-0.2, -0.15) is 0 Å². The van der Waals surface area contributed by atoms with Crippen molar-refractivity contribution in [3.63, 3.8) is 0 Å². The molecule has 0 spiro atoms. The molecule has 0 unspecified atom stereocenters. The number of fused-ring (bicyclic) bond motifs is 1. The molecule has 3 heteroatoms. The smallest absolute Gasteiger partial charge is 0.122 e. The molecule has 0 saturated heterocycles. The van der Waals surface area contributed by atoms with Gasteiger partial charge in [0.2, 0.25) is 0 Å². The molecule has 0 aliphatic carbocycles. The maximum Gasteiger partial charge on any atom is 0.122 e. The Hall–Kier alpha value is -2.00. The molecule has 3 aromatic rings. The molecule has 0 atom stereocenters. The first-order valence-corrected chi connectivity index (χ1v) is 6.93. The van der Waals surface area contributed by atoms with Crippen LogP contribution in [0.15, 0.2) is 48.5 Å². The van der Waals surface area contributed by atoms with Gasteiger partial charge in [-0.05, 0) is 54.3 Å². The van der Waals surface area contributed by atoms with Gasteiger partial charge < -0.3 is 9.84 Å². The van der Waals surface area contributed by atoms with Crippen LogP contribution in [0, 0.1) is 6.92 Å². The van der Waals surface area contributed by atoms with Crippen LogP contribution < -0.4 is 4.74 Å². The largest absolute Gasteiger partial charge is 0.508 e. The Bertz CT molecular complexity index is 698. The summed E-state index contributed by atoms with van der Waals surface area (Å²) in [6.45, 7) is 2.66. The Morgan fingerprint density at radius 1 is 1.05 bits per heavy atom. The standard InChI is InChI=1S/C16H14O2S/c1-11-2-3-12-9-15(19-16(12)8-11)10-18-14-6-4-13(17)5-7-14/h2-9,17H,10H2,1H3. The van der Waals surface area contributed by atoms with E-state index in [1.54, 1.807) is 35.6 Å². The second kappa shape index (κ2) is 4.94. The lowest BCUT2D eigenvalue weighted by molar-refractivity contribution is 0.309. The van der Waals surface area contributed by atoms with Crippen molar-refractivity contribution in [1.29, 1.82) is 0 Å². The highest BCUT2D eigenvalue weighted by Gasteiger charge is 2.03. The first kappa shape index (κ1) is 12.1. The molecular weight excluding hydrogens is 256 g/mol. The molecule has 0 aliphatic rings. The Morgan fingerprint density at radius 2 is 1.84 bits per heavy atom. The quantitative estimate of drug-likeness (QED) is 0.759. The monoisotopic (exact) mass is 270 g/mol. The molecule has 1 N–H and O–H groups in total. The number of ether oxygens (including phenoxy) is 1. The Balaban J connectivity index is 1.76. The summed E-state index contributed by atoms with van der Waals surface area (Å²) in [6.07, 6.45) is 0. The lowest BCUT2D eigenvalue weighted by Gasteiger charge is -2.03. The summed E-state index contributed by atoms with van der Waals surface area (Å²) in [5, 5.41) is 10.5. The van der Waals surface area contributed by atoms with Gasteiger partial charge in [-0.25, -0.2) is 0 Å². The van der Waals surface area contributed by atoms with E-state index in [0.717, 1.165) is 5.75 Å². The van der Waals surface area contributed by atoms with Crippen molar-refractivity contribution in [2.45, 2.75) is 13.5 Å². The second-order valence-corrected chi connectivity index (χ2v) is 5.70. The summed E-state index contributed by atoms with van der Waals surface area (Å²) < 4.78 is 7.00. The molecule has 0 aliphatic heterocycles. The molecule has 19 heavy (non-hydrogen) atoms. The number of hydrogen-bond donors (Lipinski definition) is 1. The summed E-state index contributed by atoms with van der Waals surface area (Å²) in [6, 6.07) is 15.4. The number of benzene rings is 2. The van der Waals surface area contributed by atoms with E-state index < -0.39 is 0 Å². The van der Waals surface area contributed by atoms with Crippen molar-refractivity contribution in [2.75, 3.05) is 0 Å². The fraction of sp³-hybridized carbons (Fsp3) is 0.125. The zero-order valence-corrected chi connectivity index (χ0v) is 11.4. The third kappa shape index (κ3) is 2.71. The number of rotatable bonds is 3. The van der Waals surface area contributed by atoms with E-state index in [1.165, 1.54) is 20.5 Å². The Labute approximate surface area is 115 Å². The summed E-state index contributed by atoms with van der Waals surface area (Å²) in [5.74, 6) is 1.02. The van der Waals surface area contributed by atoms with E-state index in [0.29, 0.717) is 6.61 Å². The molecule has 0 radical (unpaired) electrons. The fourth-order valence-corrected chi connectivity index (χ4v) is 3.04. The highest BCUT2D eigenvalue weighted by Crippen LogP contribution is 2.27. The van der Waals surface area contributed by atoms with Gasteiger partial charge in [0.15, 0.2) is 0 Å². The second-order valence-electron chi connectivity index (χ2n) is 4.54. The molecule has 2 nitrogen and oxygen atoms in total. The highest BCUT2D eigenvalue weighted by atomic mass is 32.1. The van der Waals surface area contributed by atoms with Crippen LogP contribution in [-0.2, 0) is 6.61 Å². The third-order valence-corrected chi connectivity index (χ3v) is 4.02. The SMILES string of the molecule is Cc1ccc2cc(COc3ccc(O)cc3)sc2c1. The van der Waals surface area contributed by atoms with Crippen molar-refractivity contribution < 1.29 is 9.84 Å². The van der Waals surface area contributed by atoms with Gasteiger partial charge in [-0.1, -0.05) is 12.1 Å². The maximum atomic E-state index is 9.21. The molecule has 0 fully saturated rings. The summed E-state index contributed by atoms with van der Waals surface area (Å²) in [5.41, 5.74) is 1.28. The normalized spacial score (nSPS) is 10.8. The van der Waals surface area contributed by atoms with Crippen molar-refractivity contribution >= 4 is 21.4 Å². The molecule has 1 aromatic heterocycles. The molecule has 0 amide bonds. The molecular formula is C16H14O2S. The average molecular weight is 270 g/mol. The third-order valence-electron chi connectivity index (χ3n) is 2.94. The van der Waals surface area contributed by atoms with E-state index in [1.807, 2.05) is 0 Å². The molecule has 2 aromatic carbocycles. The first-order valence-electron chi connectivity index (χ1n) is 6.11. The van der Waals surface area contributed by atoms with Crippen molar-refractivity contribution in [2.24, 2.45) is 0 Å². The molecule has 0 saturated carbocycles. The molecule has 96 valence electrons. The van der Waals surface area contributed by atoms with E-state index in [2.05, 4.69) is 31.2 Å². The van der Waals surface area contributed by atoms with Gasteiger partial charge in [0, 0.05) is 9.58 Å². The minimum absolute atomic E-state index is 0.254. The van der Waals surface area contributed by atoms with Crippen LogP contribution in [0.2, 0.25) is 0 Å². The van der Waals surface area contributed by atoms with Crippen molar-refractivity contribution in [1.82, 2.24) is 0 Å².